The third-order valence-electron chi connectivity index (χ3n) is 2.92. The van der Waals surface area contributed by atoms with Crippen LogP contribution in [0.1, 0.15) is 34.6 Å². The fourth-order valence-corrected chi connectivity index (χ4v) is 1.83. The SMILES string of the molecule is CCN(CC(=O)NC(C)C)C(=O)CNC(C(=O)O)C(C)C. The second-order valence-corrected chi connectivity index (χ2v) is 5.57. The number of rotatable bonds is 9. The van der Waals surface area contributed by atoms with Gasteiger partial charge in [-0.25, -0.2) is 0 Å². The molecule has 0 radical (unpaired) electrons. The molecule has 0 aliphatic heterocycles. The van der Waals surface area contributed by atoms with Gasteiger partial charge in [0.1, 0.15) is 6.04 Å². The summed E-state index contributed by atoms with van der Waals surface area (Å²) in [5.41, 5.74) is 0. The summed E-state index contributed by atoms with van der Waals surface area (Å²) in [6.45, 7) is 9.28. The van der Waals surface area contributed by atoms with Crippen LogP contribution >= 0.6 is 0 Å². The monoisotopic (exact) mass is 301 g/mol. The Hall–Kier alpha value is -1.63. The van der Waals surface area contributed by atoms with Gasteiger partial charge in [-0.15, -0.1) is 0 Å². The van der Waals surface area contributed by atoms with Gasteiger partial charge in [0, 0.05) is 12.6 Å². The number of aliphatic carboxylic acids is 1. The van der Waals surface area contributed by atoms with Crippen molar-refractivity contribution in [1.29, 1.82) is 0 Å². The smallest absolute Gasteiger partial charge is 0.320 e. The Balaban J connectivity index is 4.45. The molecule has 122 valence electrons. The molecule has 0 aliphatic rings. The van der Waals surface area contributed by atoms with E-state index >= 15 is 0 Å². The van der Waals surface area contributed by atoms with E-state index in [9.17, 15) is 14.4 Å². The highest BCUT2D eigenvalue weighted by atomic mass is 16.4. The van der Waals surface area contributed by atoms with Gasteiger partial charge in [-0.05, 0) is 26.7 Å². The first-order chi connectivity index (χ1) is 9.68. The molecule has 0 aliphatic carbocycles. The molecule has 1 unspecified atom stereocenters. The van der Waals surface area contributed by atoms with Crippen molar-refractivity contribution in [3.63, 3.8) is 0 Å². The van der Waals surface area contributed by atoms with E-state index in [-0.39, 0.29) is 36.9 Å². The fraction of sp³-hybridized carbons (Fsp3) is 0.786. The number of carboxylic acids is 1. The Morgan fingerprint density at radius 2 is 1.71 bits per heavy atom. The second kappa shape index (κ2) is 9.33. The number of nitrogens with one attached hydrogen (secondary N) is 2. The van der Waals surface area contributed by atoms with Crippen LogP contribution < -0.4 is 10.6 Å². The van der Waals surface area contributed by atoms with Gasteiger partial charge >= 0.3 is 5.97 Å². The molecule has 0 saturated heterocycles. The van der Waals surface area contributed by atoms with Crippen LogP contribution in [0.5, 0.6) is 0 Å². The first-order valence-electron chi connectivity index (χ1n) is 7.22. The first kappa shape index (κ1) is 19.4. The first-order valence-corrected chi connectivity index (χ1v) is 7.22. The van der Waals surface area contributed by atoms with Crippen LogP contribution in [0.15, 0.2) is 0 Å². The van der Waals surface area contributed by atoms with Gasteiger partial charge < -0.3 is 15.3 Å². The molecule has 0 aromatic heterocycles. The van der Waals surface area contributed by atoms with E-state index in [0.717, 1.165) is 0 Å². The topological polar surface area (TPSA) is 98.7 Å². The Morgan fingerprint density at radius 1 is 1.14 bits per heavy atom. The van der Waals surface area contributed by atoms with Crippen molar-refractivity contribution in [2.45, 2.75) is 46.7 Å². The van der Waals surface area contributed by atoms with Gasteiger partial charge in [0.2, 0.25) is 11.8 Å². The molecule has 0 aromatic rings. The van der Waals surface area contributed by atoms with E-state index in [1.807, 2.05) is 13.8 Å². The molecule has 7 heteroatoms. The van der Waals surface area contributed by atoms with Crippen molar-refractivity contribution >= 4 is 17.8 Å². The van der Waals surface area contributed by atoms with Gasteiger partial charge in [0.15, 0.2) is 0 Å². The van der Waals surface area contributed by atoms with Gasteiger partial charge in [0.25, 0.3) is 0 Å². The van der Waals surface area contributed by atoms with E-state index < -0.39 is 12.0 Å². The molecule has 0 aromatic carbocycles. The normalized spacial score (nSPS) is 12.3. The van der Waals surface area contributed by atoms with Crippen molar-refractivity contribution in [1.82, 2.24) is 15.5 Å². The molecule has 7 nitrogen and oxygen atoms in total. The van der Waals surface area contributed by atoms with Gasteiger partial charge in [0.05, 0.1) is 13.1 Å². The summed E-state index contributed by atoms with van der Waals surface area (Å²) in [6, 6.07) is -0.765. The lowest BCUT2D eigenvalue weighted by atomic mass is 10.1. The summed E-state index contributed by atoms with van der Waals surface area (Å²) in [6.07, 6.45) is 0. The molecular formula is C14H27N3O4. The van der Waals surface area contributed by atoms with Crippen molar-refractivity contribution in [2.75, 3.05) is 19.6 Å². The second-order valence-electron chi connectivity index (χ2n) is 5.57. The molecule has 0 heterocycles. The highest BCUT2D eigenvalue weighted by Crippen LogP contribution is 2.01. The summed E-state index contributed by atoms with van der Waals surface area (Å²) in [7, 11) is 0. The lowest BCUT2D eigenvalue weighted by molar-refractivity contribution is -0.141. The minimum Gasteiger partial charge on any atom is -0.480 e. The van der Waals surface area contributed by atoms with Crippen molar-refractivity contribution in [3.05, 3.63) is 0 Å². The summed E-state index contributed by atoms with van der Waals surface area (Å²) < 4.78 is 0. The molecule has 1 atom stereocenters. The highest BCUT2D eigenvalue weighted by molar-refractivity contribution is 5.86. The number of carboxylic acid groups (broad SMARTS) is 1. The van der Waals surface area contributed by atoms with Crippen LogP contribution in [0.3, 0.4) is 0 Å². The molecule has 0 fully saturated rings. The molecule has 0 bridgehead atoms. The maximum Gasteiger partial charge on any atom is 0.320 e. The molecule has 3 N–H and O–H groups in total. The molecule has 21 heavy (non-hydrogen) atoms. The van der Waals surface area contributed by atoms with Crippen LogP contribution in [0, 0.1) is 5.92 Å². The molecule has 0 saturated carbocycles. The van der Waals surface area contributed by atoms with Gasteiger partial charge in [-0.3, -0.25) is 19.7 Å². The maximum atomic E-state index is 12.0. The number of nitrogens with zero attached hydrogens (tertiary/aromatic N) is 1. The molecule has 2 amide bonds. The van der Waals surface area contributed by atoms with Crippen LogP contribution in [0.4, 0.5) is 0 Å². The van der Waals surface area contributed by atoms with E-state index in [1.165, 1.54) is 4.90 Å². The van der Waals surface area contributed by atoms with Gasteiger partial charge in [-0.1, -0.05) is 13.8 Å². The van der Waals surface area contributed by atoms with Crippen LogP contribution in [-0.4, -0.2) is 59.5 Å². The zero-order valence-electron chi connectivity index (χ0n) is 13.5. The minimum absolute atomic E-state index is 0.0155. The zero-order valence-corrected chi connectivity index (χ0v) is 13.5. The average Bonchev–Trinajstić information content (AvgIpc) is 2.33. The molecular weight excluding hydrogens is 274 g/mol. The van der Waals surface area contributed by atoms with Crippen LogP contribution in [-0.2, 0) is 14.4 Å². The standard InChI is InChI=1S/C14H27N3O4/c1-6-17(8-11(18)16-10(4)5)12(19)7-15-13(9(2)3)14(20)21/h9-10,13,15H,6-8H2,1-5H3,(H,16,18)(H,20,21). The number of likely N-dealkylation sites (N-methyl/N-ethyl adjacent to an activating group) is 1. The third-order valence-corrected chi connectivity index (χ3v) is 2.92. The Morgan fingerprint density at radius 3 is 2.10 bits per heavy atom. The Kier molecular flexibility index (Phi) is 8.61. The largest absolute Gasteiger partial charge is 0.480 e. The highest BCUT2D eigenvalue weighted by Gasteiger charge is 2.23. The lowest BCUT2D eigenvalue weighted by Gasteiger charge is -2.23. The molecule has 0 spiro atoms. The fourth-order valence-electron chi connectivity index (χ4n) is 1.83. The van der Waals surface area contributed by atoms with E-state index in [0.29, 0.717) is 6.54 Å². The quantitative estimate of drug-likeness (QED) is 0.559. The Bertz CT molecular complexity index is 369. The van der Waals surface area contributed by atoms with E-state index in [2.05, 4.69) is 10.6 Å². The van der Waals surface area contributed by atoms with Crippen molar-refractivity contribution < 1.29 is 19.5 Å². The maximum absolute atomic E-state index is 12.0. The van der Waals surface area contributed by atoms with E-state index in [1.54, 1.807) is 20.8 Å². The predicted octanol–water partition coefficient (Wildman–Crippen LogP) is 0.0583. The summed E-state index contributed by atoms with van der Waals surface area (Å²) >= 11 is 0. The Labute approximate surface area is 126 Å². The zero-order chi connectivity index (χ0) is 16.6. The minimum atomic E-state index is -0.988. The number of carbonyl (C=O) groups is 3. The van der Waals surface area contributed by atoms with Crippen LogP contribution in [0.25, 0.3) is 0 Å². The number of hydrogen-bond donors (Lipinski definition) is 3. The number of carbonyl (C=O) groups excluding carboxylic acids is 2. The molecule has 0 rings (SSSR count). The third kappa shape index (κ3) is 7.65. The summed E-state index contributed by atoms with van der Waals surface area (Å²) in [5, 5.41) is 14.5. The summed E-state index contributed by atoms with van der Waals surface area (Å²) in [4.78, 5) is 36.1. The lowest BCUT2D eigenvalue weighted by Crippen LogP contribution is -2.49. The van der Waals surface area contributed by atoms with E-state index in [4.69, 9.17) is 5.11 Å². The van der Waals surface area contributed by atoms with Gasteiger partial charge in [-0.2, -0.15) is 0 Å². The van der Waals surface area contributed by atoms with Crippen molar-refractivity contribution in [3.8, 4) is 0 Å². The summed E-state index contributed by atoms with van der Waals surface area (Å²) in [5.74, 6) is -1.63. The number of amides is 2. The number of hydrogen-bond acceptors (Lipinski definition) is 4. The predicted molar refractivity (Wildman–Crippen MR) is 79.8 cm³/mol. The van der Waals surface area contributed by atoms with Crippen LogP contribution in [0.2, 0.25) is 0 Å². The average molecular weight is 301 g/mol. The van der Waals surface area contributed by atoms with Crippen molar-refractivity contribution in [2.24, 2.45) is 5.92 Å².